The molecule has 1 amide bonds. The van der Waals surface area contributed by atoms with E-state index < -0.39 is 0 Å². The predicted octanol–water partition coefficient (Wildman–Crippen LogP) is -1.13. The van der Waals surface area contributed by atoms with Gasteiger partial charge < -0.3 is 5.73 Å². The van der Waals surface area contributed by atoms with Gasteiger partial charge >= 0.3 is 0 Å². The molecule has 0 atom stereocenters. The van der Waals surface area contributed by atoms with E-state index in [1.54, 1.807) is 12.1 Å². The first-order chi connectivity index (χ1) is 6.61. The van der Waals surface area contributed by atoms with E-state index in [0.29, 0.717) is 0 Å². The van der Waals surface area contributed by atoms with Crippen LogP contribution in [-0.4, -0.2) is 12.2 Å². The van der Waals surface area contributed by atoms with Crippen LogP contribution in [0.5, 0.6) is 0 Å². The van der Waals surface area contributed by atoms with Gasteiger partial charge in [-0.3, -0.25) is 15.6 Å². The highest BCUT2D eigenvalue weighted by atomic mass is 16.2. The van der Waals surface area contributed by atoms with E-state index >= 15 is 0 Å². The number of amides is 1. The van der Waals surface area contributed by atoms with Crippen LogP contribution in [0.1, 0.15) is 6.92 Å². The van der Waals surface area contributed by atoms with Crippen LogP contribution in [0.15, 0.2) is 16.4 Å². The Kier molecular flexibility index (Phi) is 4.94. The first kappa shape index (κ1) is 11.5. The summed E-state index contributed by atoms with van der Waals surface area (Å²) in [6.07, 6.45) is 1.05. The first-order valence-corrected chi connectivity index (χ1v) is 3.46. The van der Waals surface area contributed by atoms with Crippen molar-refractivity contribution in [2.24, 2.45) is 10.7 Å². The number of aliphatic imine (C=N–C) groups is 1. The molecule has 0 aliphatic rings. The molecule has 0 rings (SSSR count). The summed E-state index contributed by atoms with van der Waals surface area (Å²) < 4.78 is 0. The summed E-state index contributed by atoms with van der Waals surface area (Å²) in [6, 6.07) is 3.19. The molecule has 7 nitrogen and oxygen atoms in total. The molecular weight excluding hydrogens is 184 g/mol. The predicted molar refractivity (Wildman–Crippen MR) is 47.9 cm³/mol. The zero-order chi connectivity index (χ0) is 11.0. The van der Waals surface area contributed by atoms with Gasteiger partial charge in [-0.2, -0.15) is 10.5 Å². The average Bonchev–Trinajstić information content (AvgIpc) is 2.16. The van der Waals surface area contributed by atoms with E-state index in [0.717, 1.165) is 6.34 Å². The van der Waals surface area contributed by atoms with Gasteiger partial charge in [-0.05, 0) is 0 Å². The van der Waals surface area contributed by atoms with Crippen molar-refractivity contribution in [2.75, 3.05) is 0 Å². The summed E-state index contributed by atoms with van der Waals surface area (Å²) in [6.45, 7) is 1.30. The number of hydrogen-bond donors (Lipinski definition) is 3. The van der Waals surface area contributed by atoms with Crippen molar-refractivity contribution < 1.29 is 4.79 Å². The van der Waals surface area contributed by atoms with Crippen LogP contribution < -0.4 is 16.6 Å². The van der Waals surface area contributed by atoms with Crippen LogP contribution in [0.4, 0.5) is 0 Å². The number of nitriles is 2. The standard InChI is InChI=1S/C7H8N6O/c1-5(14)13-12-4-11-7(3-9)6(10)2-8/h4H,10H2,1H3,(H,11,12)(H,13,14)/b7-6+. The Morgan fingerprint density at radius 2 is 2.14 bits per heavy atom. The van der Waals surface area contributed by atoms with Gasteiger partial charge in [0.25, 0.3) is 0 Å². The maximum absolute atomic E-state index is 10.4. The van der Waals surface area contributed by atoms with Gasteiger partial charge in [0.2, 0.25) is 5.91 Å². The van der Waals surface area contributed by atoms with E-state index in [2.05, 4.69) is 15.8 Å². The van der Waals surface area contributed by atoms with E-state index in [1.807, 2.05) is 0 Å². The first-order valence-electron chi connectivity index (χ1n) is 3.46. The fourth-order valence-electron chi connectivity index (χ4n) is 0.442. The van der Waals surface area contributed by atoms with Crippen molar-refractivity contribution in [2.45, 2.75) is 6.92 Å². The van der Waals surface area contributed by atoms with Crippen molar-refractivity contribution >= 4 is 12.2 Å². The Hall–Kier alpha value is -2.54. The van der Waals surface area contributed by atoms with Crippen LogP contribution >= 0.6 is 0 Å². The molecule has 0 aliphatic carbocycles. The number of nitrogens with zero attached hydrogens (tertiary/aromatic N) is 3. The maximum atomic E-state index is 10.4. The number of hydrazine groups is 1. The van der Waals surface area contributed by atoms with Crippen LogP contribution in [0.3, 0.4) is 0 Å². The summed E-state index contributed by atoms with van der Waals surface area (Å²) >= 11 is 0. The van der Waals surface area contributed by atoms with Crippen molar-refractivity contribution in [3.8, 4) is 12.1 Å². The molecule has 0 saturated carbocycles. The lowest BCUT2D eigenvalue weighted by molar-refractivity contribution is -0.119. The number of allylic oxidation sites excluding steroid dienone is 2. The summed E-state index contributed by atoms with van der Waals surface area (Å²) in [4.78, 5) is 13.9. The highest BCUT2D eigenvalue weighted by molar-refractivity contribution is 5.74. The third-order valence-electron chi connectivity index (χ3n) is 0.988. The average molecular weight is 192 g/mol. The number of nitrogens with two attached hydrogens (primary N) is 1. The molecule has 0 aromatic rings. The van der Waals surface area contributed by atoms with Crippen molar-refractivity contribution in [1.29, 1.82) is 10.5 Å². The quantitative estimate of drug-likeness (QED) is 0.226. The van der Waals surface area contributed by atoms with Crippen LogP contribution in [-0.2, 0) is 4.79 Å². The molecule has 0 spiro atoms. The zero-order valence-corrected chi connectivity index (χ0v) is 7.40. The summed E-state index contributed by atoms with van der Waals surface area (Å²) in [5.41, 5.74) is 9.11. The van der Waals surface area contributed by atoms with E-state index in [4.69, 9.17) is 16.3 Å². The molecule has 0 heterocycles. The molecule has 7 heteroatoms. The van der Waals surface area contributed by atoms with Gasteiger partial charge in [-0.15, -0.1) is 0 Å². The largest absolute Gasteiger partial charge is 0.388 e. The van der Waals surface area contributed by atoms with Crippen LogP contribution in [0.25, 0.3) is 0 Å². The lowest BCUT2D eigenvalue weighted by Crippen LogP contribution is -2.34. The summed E-state index contributed by atoms with van der Waals surface area (Å²) in [7, 11) is 0. The maximum Gasteiger partial charge on any atom is 0.235 e. The Labute approximate surface area is 80.5 Å². The Balaban J connectivity index is 4.31. The van der Waals surface area contributed by atoms with Gasteiger partial charge in [0.15, 0.2) is 5.70 Å². The SMILES string of the molecule is CC(=O)NNC=N/C(C#N)=C(/N)C#N. The Morgan fingerprint density at radius 3 is 2.57 bits per heavy atom. The number of hydrogen-bond acceptors (Lipinski definition) is 5. The van der Waals surface area contributed by atoms with Crippen LogP contribution in [0.2, 0.25) is 0 Å². The minimum atomic E-state index is -0.313. The number of carbonyl (C=O) groups is 1. The third-order valence-corrected chi connectivity index (χ3v) is 0.988. The summed E-state index contributed by atoms with van der Waals surface area (Å²) in [5, 5.41) is 16.8. The monoisotopic (exact) mass is 192 g/mol. The lowest BCUT2D eigenvalue weighted by Gasteiger charge is -1.97. The second-order valence-electron chi connectivity index (χ2n) is 2.07. The number of rotatable bonds is 3. The zero-order valence-electron chi connectivity index (χ0n) is 7.40. The molecule has 0 bridgehead atoms. The van der Waals surface area contributed by atoms with Crippen LogP contribution in [0, 0.1) is 22.7 Å². The molecular formula is C7H8N6O. The Morgan fingerprint density at radius 1 is 1.50 bits per heavy atom. The third kappa shape index (κ3) is 4.36. The molecule has 0 aromatic carbocycles. The topological polar surface area (TPSA) is 127 Å². The molecule has 0 aromatic heterocycles. The fraction of sp³-hybridized carbons (Fsp3) is 0.143. The van der Waals surface area contributed by atoms with Crippen molar-refractivity contribution in [3.63, 3.8) is 0 Å². The second-order valence-corrected chi connectivity index (χ2v) is 2.07. The number of nitrogens with one attached hydrogen (secondary N) is 2. The minimum absolute atomic E-state index is 0.217. The molecule has 0 radical (unpaired) electrons. The van der Waals surface area contributed by atoms with Gasteiger partial charge in [-0.25, -0.2) is 4.99 Å². The molecule has 72 valence electrons. The molecule has 0 unspecified atom stereocenters. The fourth-order valence-corrected chi connectivity index (χ4v) is 0.442. The van der Waals surface area contributed by atoms with Crippen molar-refractivity contribution in [1.82, 2.24) is 10.9 Å². The lowest BCUT2D eigenvalue weighted by atomic mass is 10.4. The molecule has 0 fully saturated rings. The normalized spacial score (nSPS) is 11.1. The highest BCUT2D eigenvalue weighted by Crippen LogP contribution is 1.95. The van der Waals surface area contributed by atoms with E-state index in [9.17, 15) is 4.79 Å². The second kappa shape index (κ2) is 6.03. The molecule has 14 heavy (non-hydrogen) atoms. The van der Waals surface area contributed by atoms with Gasteiger partial charge in [0.1, 0.15) is 24.2 Å². The smallest absolute Gasteiger partial charge is 0.235 e. The van der Waals surface area contributed by atoms with Gasteiger partial charge in [0.05, 0.1) is 0 Å². The van der Waals surface area contributed by atoms with E-state index in [-0.39, 0.29) is 17.3 Å². The molecule has 0 saturated heterocycles. The summed E-state index contributed by atoms with van der Waals surface area (Å²) in [5.74, 6) is -0.313. The molecule has 4 N–H and O–H groups in total. The number of carbonyl (C=O) groups excluding carboxylic acids is 1. The van der Waals surface area contributed by atoms with Crippen molar-refractivity contribution in [3.05, 3.63) is 11.4 Å². The highest BCUT2D eigenvalue weighted by Gasteiger charge is 1.97. The van der Waals surface area contributed by atoms with Gasteiger partial charge in [0, 0.05) is 6.92 Å². The van der Waals surface area contributed by atoms with E-state index in [1.165, 1.54) is 6.92 Å². The van der Waals surface area contributed by atoms with Gasteiger partial charge in [-0.1, -0.05) is 0 Å². The minimum Gasteiger partial charge on any atom is -0.388 e. The Bertz CT molecular complexity index is 355. The molecule has 0 aliphatic heterocycles.